The fourth-order valence-corrected chi connectivity index (χ4v) is 2.22. The Labute approximate surface area is 88.3 Å². The van der Waals surface area contributed by atoms with Crippen molar-refractivity contribution in [1.29, 1.82) is 0 Å². The summed E-state index contributed by atoms with van der Waals surface area (Å²) >= 11 is 0. The molecular weight excluding hydrogens is 196 g/mol. The SMILES string of the molecule is NCc1ccc(C2CCCC2(F)F)cc1. The van der Waals surface area contributed by atoms with E-state index in [0.717, 1.165) is 11.1 Å². The molecule has 1 unspecified atom stereocenters. The fraction of sp³-hybridized carbons (Fsp3) is 0.500. The zero-order valence-corrected chi connectivity index (χ0v) is 8.55. The zero-order chi connectivity index (χ0) is 10.9. The minimum absolute atomic E-state index is 0.0241. The molecule has 82 valence electrons. The van der Waals surface area contributed by atoms with E-state index in [-0.39, 0.29) is 6.42 Å². The van der Waals surface area contributed by atoms with Crippen LogP contribution in [0.1, 0.15) is 36.3 Å². The van der Waals surface area contributed by atoms with Crippen LogP contribution in [0.2, 0.25) is 0 Å². The van der Waals surface area contributed by atoms with E-state index < -0.39 is 11.8 Å². The van der Waals surface area contributed by atoms with Crippen LogP contribution in [0.25, 0.3) is 0 Å². The van der Waals surface area contributed by atoms with E-state index in [0.29, 0.717) is 19.4 Å². The molecule has 2 N–H and O–H groups in total. The van der Waals surface area contributed by atoms with Crippen LogP contribution in [-0.4, -0.2) is 5.92 Å². The van der Waals surface area contributed by atoms with E-state index in [2.05, 4.69) is 0 Å². The van der Waals surface area contributed by atoms with E-state index in [4.69, 9.17) is 5.73 Å². The Bertz CT molecular complexity index is 332. The van der Waals surface area contributed by atoms with Gasteiger partial charge in [0.1, 0.15) is 0 Å². The van der Waals surface area contributed by atoms with Crippen molar-refractivity contribution < 1.29 is 8.78 Å². The van der Waals surface area contributed by atoms with Gasteiger partial charge in [-0.25, -0.2) is 8.78 Å². The molecule has 0 spiro atoms. The van der Waals surface area contributed by atoms with Gasteiger partial charge in [0.05, 0.1) is 0 Å². The van der Waals surface area contributed by atoms with Crippen molar-refractivity contribution in [3.05, 3.63) is 35.4 Å². The molecule has 0 bridgehead atoms. The Kier molecular flexibility index (Phi) is 2.74. The molecule has 1 fully saturated rings. The summed E-state index contributed by atoms with van der Waals surface area (Å²) in [6.45, 7) is 0.460. The smallest absolute Gasteiger partial charge is 0.254 e. The average molecular weight is 211 g/mol. The molecule has 1 nitrogen and oxygen atoms in total. The molecule has 2 rings (SSSR count). The van der Waals surface area contributed by atoms with Crippen LogP contribution >= 0.6 is 0 Å². The predicted molar refractivity (Wildman–Crippen MR) is 55.9 cm³/mol. The summed E-state index contributed by atoms with van der Waals surface area (Å²) in [6.07, 6.45) is 1.24. The fourth-order valence-electron chi connectivity index (χ4n) is 2.22. The van der Waals surface area contributed by atoms with Gasteiger partial charge in [-0.1, -0.05) is 24.3 Å². The van der Waals surface area contributed by atoms with Gasteiger partial charge >= 0.3 is 0 Å². The molecule has 0 heterocycles. The Morgan fingerprint density at radius 1 is 1.27 bits per heavy atom. The van der Waals surface area contributed by atoms with Crippen molar-refractivity contribution in [1.82, 2.24) is 0 Å². The van der Waals surface area contributed by atoms with E-state index in [1.807, 2.05) is 12.1 Å². The summed E-state index contributed by atoms with van der Waals surface area (Å²) in [7, 11) is 0. The number of halogens is 2. The molecular formula is C12H15F2N. The number of alkyl halides is 2. The topological polar surface area (TPSA) is 26.0 Å². The highest BCUT2D eigenvalue weighted by Gasteiger charge is 2.44. The van der Waals surface area contributed by atoms with Crippen LogP contribution in [0.5, 0.6) is 0 Å². The van der Waals surface area contributed by atoms with Gasteiger partial charge in [0, 0.05) is 18.9 Å². The van der Waals surface area contributed by atoms with Gasteiger partial charge in [0.25, 0.3) is 5.92 Å². The predicted octanol–water partition coefficient (Wildman–Crippen LogP) is 3.05. The minimum Gasteiger partial charge on any atom is -0.326 e. The molecule has 1 aromatic rings. The number of rotatable bonds is 2. The van der Waals surface area contributed by atoms with Crippen LogP contribution in [0.4, 0.5) is 8.78 Å². The zero-order valence-electron chi connectivity index (χ0n) is 8.55. The molecule has 1 atom stereocenters. The third-order valence-electron chi connectivity index (χ3n) is 3.13. The Hall–Kier alpha value is -0.960. The van der Waals surface area contributed by atoms with Crippen molar-refractivity contribution in [2.45, 2.75) is 37.6 Å². The van der Waals surface area contributed by atoms with Crippen LogP contribution in [0.15, 0.2) is 24.3 Å². The first kappa shape index (κ1) is 10.6. The van der Waals surface area contributed by atoms with E-state index in [9.17, 15) is 8.78 Å². The van der Waals surface area contributed by atoms with Gasteiger partial charge < -0.3 is 5.73 Å². The van der Waals surface area contributed by atoms with Crippen molar-refractivity contribution >= 4 is 0 Å². The molecule has 1 aromatic carbocycles. The first-order chi connectivity index (χ1) is 7.13. The summed E-state index contributed by atoms with van der Waals surface area (Å²) < 4.78 is 26.9. The molecule has 0 amide bonds. The van der Waals surface area contributed by atoms with E-state index >= 15 is 0 Å². The second-order valence-electron chi connectivity index (χ2n) is 4.15. The Balaban J connectivity index is 2.22. The third-order valence-corrected chi connectivity index (χ3v) is 3.13. The molecule has 1 saturated carbocycles. The molecule has 0 radical (unpaired) electrons. The van der Waals surface area contributed by atoms with Crippen molar-refractivity contribution in [2.75, 3.05) is 0 Å². The third kappa shape index (κ3) is 2.02. The summed E-state index contributed by atoms with van der Waals surface area (Å²) in [5.74, 6) is -3.12. The lowest BCUT2D eigenvalue weighted by atomic mass is 9.94. The molecule has 1 aliphatic carbocycles. The van der Waals surface area contributed by atoms with Gasteiger partial charge in [-0.05, 0) is 24.0 Å². The summed E-state index contributed by atoms with van der Waals surface area (Å²) in [4.78, 5) is 0. The highest BCUT2D eigenvalue weighted by molar-refractivity contribution is 5.27. The monoisotopic (exact) mass is 211 g/mol. The summed E-state index contributed by atoms with van der Waals surface area (Å²) in [5, 5.41) is 0. The van der Waals surface area contributed by atoms with Crippen LogP contribution < -0.4 is 5.73 Å². The maximum atomic E-state index is 13.5. The van der Waals surface area contributed by atoms with Crippen LogP contribution in [0.3, 0.4) is 0 Å². The molecule has 0 aliphatic heterocycles. The first-order valence-corrected chi connectivity index (χ1v) is 5.30. The number of hydrogen-bond donors (Lipinski definition) is 1. The van der Waals surface area contributed by atoms with Crippen LogP contribution in [0, 0.1) is 0 Å². The second-order valence-corrected chi connectivity index (χ2v) is 4.15. The average Bonchev–Trinajstić information content (AvgIpc) is 2.58. The molecule has 0 saturated heterocycles. The quantitative estimate of drug-likeness (QED) is 0.799. The highest BCUT2D eigenvalue weighted by atomic mass is 19.3. The molecule has 1 aliphatic rings. The van der Waals surface area contributed by atoms with Gasteiger partial charge in [0.2, 0.25) is 0 Å². The normalized spacial score (nSPS) is 24.3. The second kappa shape index (κ2) is 3.89. The van der Waals surface area contributed by atoms with Gasteiger partial charge in [0.15, 0.2) is 0 Å². The molecule has 15 heavy (non-hydrogen) atoms. The Morgan fingerprint density at radius 3 is 2.40 bits per heavy atom. The van der Waals surface area contributed by atoms with E-state index in [1.54, 1.807) is 12.1 Å². The summed E-state index contributed by atoms with van der Waals surface area (Å²) in [5.41, 5.74) is 7.19. The largest absolute Gasteiger partial charge is 0.326 e. The lowest BCUT2D eigenvalue weighted by molar-refractivity contribution is -0.00895. The summed E-state index contributed by atoms with van der Waals surface area (Å²) in [6, 6.07) is 7.24. The van der Waals surface area contributed by atoms with E-state index in [1.165, 1.54) is 0 Å². The highest BCUT2D eigenvalue weighted by Crippen LogP contribution is 2.46. The van der Waals surface area contributed by atoms with Crippen molar-refractivity contribution in [3.63, 3.8) is 0 Å². The first-order valence-electron chi connectivity index (χ1n) is 5.30. The van der Waals surface area contributed by atoms with Gasteiger partial charge in [-0.3, -0.25) is 0 Å². The lowest BCUT2D eigenvalue weighted by Gasteiger charge is -2.19. The van der Waals surface area contributed by atoms with Crippen molar-refractivity contribution in [2.24, 2.45) is 5.73 Å². The van der Waals surface area contributed by atoms with Gasteiger partial charge in [-0.2, -0.15) is 0 Å². The molecule has 3 heteroatoms. The Morgan fingerprint density at radius 2 is 1.93 bits per heavy atom. The maximum absolute atomic E-state index is 13.5. The van der Waals surface area contributed by atoms with Crippen LogP contribution in [-0.2, 0) is 6.54 Å². The maximum Gasteiger partial charge on any atom is 0.254 e. The number of hydrogen-bond acceptors (Lipinski definition) is 1. The van der Waals surface area contributed by atoms with Gasteiger partial charge in [-0.15, -0.1) is 0 Å². The molecule has 0 aromatic heterocycles. The number of benzene rings is 1. The lowest BCUT2D eigenvalue weighted by Crippen LogP contribution is -2.19. The standard InChI is InChI=1S/C12H15F2N/c13-12(14)7-1-2-11(12)10-5-3-9(8-15)4-6-10/h3-6,11H,1-2,7-8,15H2. The van der Waals surface area contributed by atoms with Crippen molar-refractivity contribution in [3.8, 4) is 0 Å². The minimum atomic E-state index is -2.52. The number of nitrogens with two attached hydrogens (primary N) is 1.